The van der Waals surface area contributed by atoms with E-state index in [9.17, 15) is 13.2 Å². The van der Waals surface area contributed by atoms with Gasteiger partial charge in [-0.05, 0) is 44.9 Å². The molecule has 1 aromatic rings. The Hall–Kier alpha value is -0.590. The van der Waals surface area contributed by atoms with Crippen LogP contribution in [0.2, 0.25) is 0 Å². The molecule has 0 aliphatic carbocycles. The molecule has 118 valence electrons. The van der Waals surface area contributed by atoms with Crippen LogP contribution in [-0.2, 0) is 9.05 Å². The van der Waals surface area contributed by atoms with Gasteiger partial charge in [0.15, 0.2) is 0 Å². The van der Waals surface area contributed by atoms with E-state index >= 15 is 0 Å². The van der Waals surface area contributed by atoms with Gasteiger partial charge in [0.2, 0.25) is 0 Å². The van der Waals surface area contributed by atoms with Crippen LogP contribution in [0.25, 0.3) is 0 Å². The standard InChI is InChI=1S/C14H19BrClNO3S/c1-5-6-17(9(2)3)14(18)11-7-12(15)10(4)13(8-11)21(16,19)20/h7-9H,5-6H2,1-4H3. The molecule has 0 bridgehead atoms. The Morgan fingerprint density at radius 2 is 1.95 bits per heavy atom. The Morgan fingerprint density at radius 3 is 2.38 bits per heavy atom. The van der Waals surface area contributed by atoms with Crippen molar-refractivity contribution >= 4 is 41.6 Å². The summed E-state index contributed by atoms with van der Waals surface area (Å²) < 4.78 is 23.8. The number of halogens is 2. The zero-order chi connectivity index (χ0) is 16.4. The van der Waals surface area contributed by atoms with Gasteiger partial charge in [-0.2, -0.15) is 0 Å². The second-order valence-electron chi connectivity index (χ2n) is 5.11. The monoisotopic (exact) mass is 395 g/mol. The second-order valence-corrected chi connectivity index (χ2v) is 8.50. The zero-order valence-corrected chi connectivity index (χ0v) is 15.6. The quantitative estimate of drug-likeness (QED) is 0.708. The molecule has 0 aliphatic rings. The van der Waals surface area contributed by atoms with Crippen molar-refractivity contribution < 1.29 is 13.2 Å². The smallest absolute Gasteiger partial charge is 0.261 e. The summed E-state index contributed by atoms with van der Waals surface area (Å²) in [6.45, 7) is 8.10. The van der Waals surface area contributed by atoms with E-state index in [1.165, 1.54) is 6.07 Å². The van der Waals surface area contributed by atoms with Gasteiger partial charge in [-0.15, -0.1) is 0 Å². The van der Waals surface area contributed by atoms with Crippen molar-refractivity contribution in [3.8, 4) is 0 Å². The number of carbonyl (C=O) groups is 1. The van der Waals surface area contributed by atoms with Crippen molar-refractivity contribution in [1.82, 2.24) is 4.90 Å². The third-order valence-corrected chi connectivity index (χ3v) is 5.43. The van der Waals surface area contributed by atoms with E-state index in [2.05, 4.69) is 15.9 Å². The molecule has 4 nitrogen and oxygen atoms in total. The molecule has 7 heteroatoms. The van der Waals surface area contributed by atoms with E-state index in [4.69, 9.17) is 10.7 Å². The number of carbonyl (C=O) groups excluding carboxylic acids is 1. The van der Waals surface area contributed by atoms with Gasteiger partial charge in [-0.3, -0.25) is 4.79 Å². The van der Waals surface area contributed by atoms with Crippen molar-refractivity contribution in [2.45, 2.75) is 45.1 Å². The topological polar surface area (TPSA) is 54.5 Å². The summed E-state index contributed by atoms with van der Waals surface area (Å²) in [6, 6.07) is 3.01. The fourth-order valence-corrected chi connectivity index (χ4v) is 3.85. The number of benzene rings is 1. The van der Waals surface area contributed by atoms with Crippen LogP contribution in [-0.4, -0.2) is 31.8 Å². The molecule has 1 rings (SSSR count). The van der Waals surface area contributed by atoms with E-state index < -0.39 is 9.05 Å². The van der Waals surface area contributed by atoms with Crippen molar-refractivity contribution in [1.29, 1.82) is 0 Å². The largest absolute Gasteiger partial charge is 0.336 e. The molecule has 0 saturated carbocycles. The molecule has 1 aromatic carbocycles. The van der Waals surface area contributed by atoms with E-state index in [0.29, 0.717) is 22.1 Å². The molecule has 0 aromatic heterocycles. The van der Waals surface area contributed by atoms with Gasteiger partial charge in [0.25, 0.3) is 15.0 Å². The van der Waals surface area contributed by atoms with Gasteiger partial charge in [0.1, 0.15) is 0 Å². The Kier molecular flexibility index (Phi) is 6.25. The average molecular weight is 397 g/mol. The second kappa shape index (κ2) is 7.11. The SMILES string of the molecule is CCCN(C(=O)c1cc(Br)c(C)c(S(=O)(=O)Cl)c1)C(C)C. The molecular formula is C14H19BrClNO3S. The van der Waals surface area contributed by atoms with Gasteiger partial charge in [-0.25, -0.2) is 8.42 Å². The summed E-state index contributed by atoms with van der Waals surface area (Å²) in [4.78, 5) is 14.3. The maximum Gasteiger partial charge on any atom is 0.261 e. The van der Waals surface area contributed by atoms with Crippen LogP contribution in [0.4, 0.5) is 0 Å². The highest BCUT2D eigenvalue weighted by Crippen LogP contribution is 2.28. The van der Waals surface area contributed by atoms with Crippen LogP contribution >= 0.6 is 26.6 Å². The first-order chi connectivity index (χ1) is 9.59. The lowest BCUT2D eigenvalue weighted by atomic mass is 10.1. The number of rotatable bonds is 5. The number of nitrogens with zero attached hydrogens (tertiary/aromatic N) is 1. The van der Waals surface area contributed by atoms with Crippen molar-refractivity contribution in [3.63, 3.8) is 0 Å². The van der Waals surface area contributed by atoms with E-state index in [1.54, 1.807) is 17.9 Å². The summed E-state index contributed by atoms with van der Waals surface area (Å²) in [5, 5.41) is 0. The molecule has 0 aliphatic heterocycles. The normalized spacial score (nSPS) is 11.8. The van der Waals surface area contributed by atoms with Crippen molar-refractivity contribution in [2.24, 2.45) is 0 Å². The van der Waals surface area contributed by atoms with Crippen LogP contribution in [0.1, 0.15) is 43.1 Å². The molecule has 0 spiro atoms. The number of hydrogen-bond donors (Lipinski definition) is 0. The van der Waals surface area contributed by atoms with Crippen LogP contribution in [0.15, 0.2) is 21.5 Å². The highest BCUT2D eigenvalue weighted by atomic mass is 79.9. The summed E-state index contributed by atoms with van der Waals surface area (Å²) in [5.41, 5.74) is 0.807. The third kappa shape index (κ3) is 4.44. The van der Waals surface area contributed by atoms with Crippen molar-refractivity contribution in [3.05, 3.63) is 27.7 Å². The molecule has 0 atom stereocenters. The van der Waals surface area contributed by atoms with Gasteiger partial charge in [-0.1, -0.05) is 22.9 Å². The van der Waals surface area contributed by atoms with Gasteiger partial charge < -0.3 is 4.90 Å². The summed E-state index contributed by atoms with van der Waals surface area (Å²) in [7, 11) is 1.54. The first-order valence-corrected chi connectivity index (χ1v) is 9.75. The highest BCUT2D eigenvalue weighted by molar-refractivity contribution is 9.10. The number of amides is 1. The van der Waals surface area contributed by atoms with E-state index in [-0.39, 0.29) is 16.8 Å². The zero-order valence-electron chi connectivity index (χ0n) is 12.5. The molecule has 0 fully saturated rings. The lowest BCUT2D eigenvalue weighted by Crippen LogP contribution is -2.37. The van der Waals surface area contributed by atoms with Gasteiger partial charge in [0.05, 0.1) is 4.90 Å². The molecule has 0 N–H and O–H groups in total. The average Bonchev–Trinajstić information content (AvgIpc) is 2.36. The maximum atomic E-state index is 12.6. The molecule has 0 radical (unpaired) electrons. The minimum absolute atomic E-state index is 0.0357. The Bertz CT molecular complexity index is 644. The van der Waals surface area contributed by atoms with E-state index in [0.717, 1.165) is 6.42 Å². The molecule has 0 saturated heterocycles. The van der Waals surface area contributed by atoms with Crippen LogP contribution in [0.5, 0.6) is 0 Å². The predicted octanol–water partition coefficient (Wildman–Crippen LogP) is 3.95. The molecule has 1 amide bonds. The van der Waals surface area contributed by atoms with Gasteiger partial charge in [0, 0.05) is 33.3 Å². The van der Waals surface area contributed by atoms with Crippen molar-refractivity contribution in [2.75, 3.05) is 6.54 Å². The lowest BCUT2D eigenvalue weighted by Gasteiger charge is -2.26. The van der Waals surface area contributed by atoms with E-state index in [1.807, 2.05) is 20.8 Å². The Labute approximate surface area is 139 Å². The van der Waals surface area contributed by atoms with Crippen LogP contribution in [0.3, 0.4) is 0 Å². The first-order valence-electron chi connectivity index (χ1n) is 6.65. The predicted molar refractivity (Wildman–Crippen MR) is 88.4 cm³/mol. The summed E-state index contributed by atoms with van der Waals surface area (Å²) >= 11 is 3.29. The summed E-state index contributed by atoms with van der Waals surface area (Å²) in [5.74, 6) is -0.200. The Morgan fingerprint density at radius 1 is 1.38 bits per heavy atom. The molecule has 0 unspecified atom stereocenters. The Balaban J connectivity index is 3.38. The molecule has 0 heterocycles. The van der Waals surface area contributed by atoms with Crippen LogP contribution in [0, 0.1) is 6.92 Å². The first kappa shape index (κ1) is 18.5. The third-order valence-electron chi connectivity index (χ3n) is 3.16. The summed E-state index contributed by atoms with van der Waals surface area (Å²) in [6.07, 6.45) is 0.831. The molecule has 21 heavy (non-hydrogen) atoms. The maximum absolute atomic E-state index is 12.6. The minimum Gasteiger partial charge on any atom is -0.336 e. The molecular weight excluding hydrogens is 378 g/mol. The minimum atomic E-state index is -3.90. The fourth-order valence-electron chi connectivity index (χ4n) is 2.03. The fraction of sp³-hybridized carbons (Fsp3) is 0.500. The van der Waals surface area contributed by atoms with Gasteiger partial charge >= 0.3 is 0 Å². The number of hydrogen-bond acceptors (Lipinski definition) is 3. The highest BCUT2D eigenvalue weighted by Gasteiger charge is 2.23. The lowest BCUT2D eigenvalue weighted by molar-refractivity contribution is 0.0705. The van der Waals surface area contributed by atoms with Crippen LogP contribution < -0.4 is 0 Å².